The highest BCUT2D eigenvalue weighted by molar-refractivity contribution is 5.96. The fourth-order valence-corrected chi connectivity index (χ4v) is 8.48. The van der Waals surface area contributed by atoms with E-state index in [2.05, 4.69) is 25.3 Å². The Bertz CT molecular complexity index is 3480. The van der Waals surface area contributed by atoms with Crippen LogP contribution in [0.25, 0.3) is 56.6 Å². The number of anilines is 2. The number of nitrogen functional groups attached to an aromatic ring is 2. The molecular weight excluding hydrogens is 997 g/mol. The van der Waals surface area contributed by atoms with E-state index in [1.54, 1.807) is 67.0 Å². The Hall–Kier alpha value is -8.84. The van der Waals surface area contributed by atoms with E-state index in [1.165, 1.54) is 30.6 Å². The minimum atomic E-state index is -2.83. The Morgan fingerprint density at radius 1 is 0.649 bits per heavy atom. The number of carbonyl (C=O) groups excluding carboxylic acids is 3. The number of nitrogens with two attached hydrogens (primary N) is 2. The van der Waals surface area contributed by atoms with E-state index in [9.17, 15) is 36.7 Å². The number of carboxylic acid groups (broad SMARTS) is 1. The number of hydrogen-bond donors (Lipinski definition) is 4. The van der Waals surface area contributed by atoms with Crippen molar-refractivity contribution in [1.29, 1.82) is 0 Å². The lowest BCUT2D eigenvalue weighted by molar-refractivity contribution is -0.115. The van der Waals surface area contributed by atoms with Crippen LogP contribution in [0.15, 0.2) is 131 Å². The molecule has 396 valence electrons. The Kier molecular flexibility index (Phi) is 16.8. The van der Waals surface area contributed by atoms with Gasteiger partial charge in [0.25, 0.3) is 17.8 Å². The number of alkyl halides is 4. The van der Waals surface area contributed by atoms with Gasteiger partial charge in [-0.2, -0.15) is 0 Å². The summed E-state index contributed by atoms with van der Waals surface area (Å²) >= 11 is 0. The number of nitrogens with zero attached hydrogens (tertiary/aromatic N) is 5. The maximum Gasteiger partial charge on any atom is 0.337 e. The molecule has 8 heterocycles. The van der Waals surface area contributed by atoms with Gasteiger partial charge in [0.1, 0.15) is 34.3 Å². The Morgan fingerprint density at radius 2 is 1.16 bits per heavy atom. The molecule has 0 aliphatic carbocycles. The quantitative estimate of drug-likeness (QED) is 0.0586. The predicted molar refractivity (Wildman–Crippen MR) is 285 cm³/mol. The summed E-state index contributed by atoms with van der Waals surface area (Å²) in [5.41, 5.74) is 19.6. The number of carboxylic acids is 1. The number of halogens is 4. The van der Waals surface area contributed by atoms with E-state index in [0.717, 1.165) is 66.0 Å². The molecule has 10 rings (SSSR count). The van der Waals surface area contributed by atoms with Gasteiger partial charge in [-0.1, -0.05) is 0 Å². The van der Waals surface area contributed by atoms with Gasteiger partial charge in [0.15, 0.2) is 11.6 Å². The lowest BCUT2D eigenvalue weighted by atomic mass is 10.0. The van der Waals surface area contributed by atoms with Crippen LogP contribution in [0.2, 0.25) is 0 Å². The van der Waals surface area contributed by atoms with Crippen LogP contribution in [0.3, 0.4) is 0 Å². The Labute approximate surface area is 439 Å². The van der Waals surface area contributed by atoms with Crippen molar-refractivity contribution in [3.63, 3.8) is 0 Å². The van der Waals surface area contributed by atoms with E-state index in [-0.39, 0.29) is 48.6 Å². The number of nitrogens with one attached hydrogen (secondary N) is 1. The zero-order valence-corrected chi connectivity index (χ0v) is 42.1. The van der Waals surface area contributed by atoms with Crippen molar-refractivity contribution in [2.75, 3.05) is 37.6 Å². The predicted octanol–water partition coefficient (Wildman–Crippen LogP) is 10.8. The number of likely N-dealkylation sites (tertiary alicyclic amines) is 1. The number of allylic oxidation sites excluding steroid dienone is 2. The van der Waals surface area contributed by atoms with Crippen LogP contribution in [0.4, 0.5) is 29.2 Å². The minimum Gasteiger partial charge on any atom is -0.478 e. The van der Waals surface area contributed by atoms with Crippen LogP contribution in [0, 0.1) is 13.8 Å². The zero-order chi connectivity index (χ0) is 54.9. The molecule has 2 aliphatic heterocycles. The molecule has 2 aliphatic rings. The standard InChI is InChI=1S/C29H26F2N4O3.C25H21N3O4.C4H7F2N/c1-18-12-21(25-8-4-20(16-33-25)28(37)35-11-10-29(30,31)17-35)13-22-14-24(38-27(18)22)7-6-23(36)5-2-19-3-9-26(32)34-15-19;1-15-10-18(22-8-4-17(14-27-22)25(30)31)11-19-12-21(32-24(15)19)7-6-20(29)5-2-16-3-9-23(26)28-13-16;5-4(6)1-2-7-3-4/h2-5,8-9,12-16H,6-7,10-11,17H2,1H3,(H2,32,34);2-5,8-14H,6-7H2,1H3,(H2,26,28)(H,30,31);7H,1-3H2/b2*5-2+;. The number of rotatable bonds is 14. The first kappa shape index (κ1) is 54.4. The van der Waals surface area contributed by atoms with E-state index in [4.69, 9.17) is 25.4 Å². The topological polar surface area (TPSA) is 234 Å². The van der Waals surface area contributed by atoms with Crippen molar-refractivity contribution in [3.05, 3.63) is 167 Å². The van der Waals surface area contributed by atoms with Crippen LogP contribution in [0.5, 0.6) is 0 Å². The van der Waals surface area contributed by atoms with Gasteiger partial charge in [-0.25, -0.2) is 32.3 Å². The van der Waals surface area contributed by atoms with Crippen LogP contribution >= 0.6 is 0 Å². The Morgan fingerprint density at radius 3 is 1.53 bits per heavy atom. The number of aromatic nitrogens is 4. The molecular formula is C58H54F4N8O7. The third-order valence-electron chi connectivity index (χ3n) is 12.6. The second-order valence-electron chi connectivity index (χ2n) is 18.8. The number of fused-ring (bicyclic) bond motifs is 2. The lowest BCUT2D eigenvalue weighted by Gasteiger charge is -2.16. The van der Waals surface area contributed by atoms with Crippen LogP contribution < -0.4 is 16.8 Å². The second-order valence-corrected chi connectivity index (χ2v) is 18.8. The SMILES string of the molecule is Cc1cc(-c2ccc(C(=O)N3CCC(F)(F)C3)cn2)cc2cc(CCC(=O)/C=C/c3ccc(N)nc3)oc12.Cc1cc(-c2ccc(C(=O)O)cn2)cc2cc(CCC(=O)/C=C/c3ccc(N)nc3)oc12.FC1(F)CCNC1. The summed E-state index contributed by atoms with van der Waals surface area (Å²) < 4.78 is 62.7. The van der Waals surface area contributed by atoms with Crippen LogP contribution in [-0.4, -0.2) is 91.4 Å². The molecule has 0 saturated carbocycles. The third-order valence-corrected chi connectivity index (χ3v) is 12.6. The number of pyridine rings is 4. The van der Waals surface area contributed by atoms with Crippen LogP contribution in [-0.2, 0) is 22.4 Å². The number of hydrogen-bond acceptors (Lipinski definition) is 13. The first-order valence-electron chi connectivity index (χ1n) is 24.6. The average Bonchev–Trinajstić information content (AvgIpc) is 4.24. The van der Waals surface area contributed by atoms with Crippen molar-refractivity contribution in [3.8, 4) is 22.5 Å². The summed E-state index contributed by atoms with van der Waals surface area (Å²) in [7, 11) is 0. The van der Waals surface area contributed by atoms with Gasteiger partial charge in [-0.15, -0.1) is 0 Å². The summed E-state index contributed by atoms with van der Waals surface area (Å²) in [5.74, 6) is -4.46. The van der Waals surface area contributed by atoms with Crippen LogP contribution in [0.1, 0.15) is 80.2 Å². The van der Waals surface area contributed by atoms with Gasteiger partial charge in [-0.3, -0.25) is 24.4 Å². The zero-order valence-electron chi connectivity index (χ0n) is 42.1. The van der Waals surface area contributed by atoms with Gasteiger partial charge in [-0.05, 0) is 145 Å². The van der Waals surface area contributed by atoms with E-state index < -0.39 is 30.3 Å². The number of amides is 1. The molecule has 6 N–H and O–H groups in total. The number of furan rings is 2. The maximum atomic E-state index is 13.5. The summed E-state index contributed by atoms with van der Waals surface area (Å²) in [4.78, 5) is 66.0. The molecule has 0 unspecified atom stereocenters. The van der Waals surface area contributed by atoms with Gasteiger partial charge < -0.3 is 35.6 Å². The molecule has 2 saturated heterocycles. The van der Waals surface area contributed by atoms with Crippen molar-refractivity contribution in [2.45, 2.75) is 64.2 Å². The van der Waals surface area contributed by atoms with E-state index in [0.29, 0.717) is 61.0 Å². The molecule has 77 heavy (non-hydrogen) atoms. The van der Waals surface area contributed by atoms with Crippen molar-refractivity contribution < 1.29 is 50.7 Å². The van der Waals surface area contributed by atoms with E-state index in [1.807, 2.05) is 50.2 Å². The lowest BCUT2D eigenvalue weighted by Crippen LogP contribution is -2.31. The maximum absolute atomic E-state index is 13.5. The second kappa shape index (κ2) is 23.8. The van der Waals surface area contributed by atoms with Gasteiger partial charge in [0.2, 0.25) is 0 Å². The summed E-state index contributed by atoms with van der Waals surface area (Å²) in [5, 5.41) is 13.4. The highest BCUT2D eigenvalue weighted by Gasteiger charge is 2.40. The molecule has 0 atom stereocenters. The number of ketones is 2. The Balaban J connectivity index is 0.000000182. The fourth-order valence-electron chi connectivity index (χ4n) is 8.48. The van der Waals surface area contributed by atoms with E-state index >= 15 is 0 Å². The monoisotopic (exact) mass is 1050 g/mol. The van der Waals surface area contributed by atoms with Gasteiger partial charge in [0, 0.05) is 98.3 Å². The van der Waals surface area contributed by atoms with Crippen molar-refractivity contribution >= 4 is 69.2 Å². The highest BCUT2D eigenvalue weighted by atomic mass is 19.3. The molecule has 8 aromatic rings. The fraction of sp³-hybridized carbons (Fsp3) is 0.241. The average molecular weight is 1050 g/mol. The molecule has 2 aromatic carbocycles. The first-order valence-corrected chi connectivity index (χ1v) is 24.6. The smallest absolute Gasteiger partial charge is 0.337 e. The summed E-state index contributed by atoms with van der Waals surface area (Å²) in [6.45, 7) is 3.68. The molecule has 1 amide bonds. The molecule has 15 nitrogen and oxygen atoms in total. The molecule has 0 radical (unpaired) electrons. The molecule has 0 bridgehead atoms. The highest BCUT2D eigenvalue weighted by Crippen LogP contribution is 2.33. The largest absolute Gasteiger partial charge is 0.478 e. The third kappa shape index (κ3) is 14.7. The molecule has 6 aromatic heterocycles. The van der Waals surface area contributed by atoms with Crippen molar-refractivity contribution in [2.24, 2.45) is 0 Å². The van der Waals surface area contributed by atoms with Gasteiger partial charge >= 0.3 is 5.97 Å². The number of aromatic carboxylic acids is 1. The first-order chi connectivity index (χ1) is 36.8. The normalized spacial score (nSPS) is 14.6. The van der Waals surface area contributed by atoms with Crippen molar-refractivity contribution in [1.82, 2.24) is 30.2 Å². The molecule has 2 fully saturated rings. The summed E-state index contributed by atoms with van der Waals surface area (Å²) in [6.07, 6.45) is 13.7. The summed E-state index contributed by atoms with van der Waals surface area (Å²) in [6, 6.07) is 25.1. The minimum absolute atomic E-state index is 0.00694. The number of carbonyl (C=O) groups is 4. The molecule has 0 spiro atoms. The number of aryl methyl sites for hydroxylation is 4. The molecule has 19 heteroatoms. The number of benzene rings is 2. The van der Waals surface area contributed by atoms with Gasteiger partial charge in [0.05, 0.1) is 35.6 Å².